The van der Waals surface area contributed by atoms with Gasteiger partial charge in [-0.3, -0.25) is 14.3 Å². The molecule has 0 saturated carbocycles. The molecule has 2 rings (SSSR count). The van der Waals surface area contributed by atoms with Gasteiger partial charge in [0.05, 0.1) is 6.61 Å². The molecule has 19 heavy (non-hydrogen) atoms. The highest BCUT2D eigenvalue weighted by molar-refractivity contribution is 5.19. The maximum atomic E-state index is 11.6. The van der Waals surface area contributed by atoms with Crippen LogP contribution in [0.15, 0.2) is 21.9 Å². The van der Waals surface area contributed by atoms with Gasteiger partial charge in [0.1, 0.15) is 12.2 Å². The smallest absolute Gasteiger partial charge is 0.330 e. The third-order valence-corrected chi connectivity index (χ3v) is 3.00. The fourth-order valence-electron chi connectivity index (χ4n) is 1.96. The van der Waals surface area contributed by atoms with Crippen molar-refractivity contribution in [3.8, 4) is 12.3 Å². The third kappa shape index (κ3) is 1.98. The summed E-state index contributed by atoms with van der Waals surface area (Å²) in [7, 11) is 0. The Morgan fingerprint density at radius 2 is 2.26 bits per heavy atom. The van der Waals surface area contributed by atoms with E-state index < -0.39 is 41.9 Å². The van der Waals surface area contributed by atoms with Crippen molar-refractivity contribution in [1.29, 1.82) is 0 Å². The Morgan fingerprint density at radius 3 is 2.79 bits per heavy atom. The third-order valence-electron chi connectivity index (χ3n) is 3.00. The molecular weight excluding hydrogens is 256 g/mol. The van der Waals surface area contributed by atoms with E-state index in [1.165, 1.54) is 0 Å². The molecule has 1 aliphatic heterocycles. The van der Waals surface area contributed by atoms with Crippen molar-refractivity contribution in [1.82, 2.24) is 9.55 Å². The van der Waals surface area contributed by atoms with Crippen LogP contribution in [-0.2, 0) is 4.74 Å². The number of aliphatic hydroxyl groups excluding tert-OH is 2. The molecule has 1 aromatic heterocycles. The first kappa shape index (κ1) is 13.5. The summed E-state index contributed by atoms with van der Waals surface area (Å²) in [5.74, 6) is 1.96. The van der Waals surface area contributed by atoms with Gasteiger partial charge in [0.15, 0.2) is 11.8 Å². The van der Waals surface area contributed by atoms with Crippen LogP contribution in [-0.4, -0.2) is 49.3 Å². The van der Waals surface area contributed by atoms with Gasteiger partial charge in [-0.1, -0.05) is 5.92 Å². The van der Waals surface area contributed by atoms with Crippen molar-refractivity contribution >= 4 is 0 Å². The van der Waals surface area contributed by atoms with Crippen LogP contribution in [0.3, 0.4) is 0 Å². The monoisotopic (exact) mass is 268 g/mol. The van der Waals surface area contributed by atoms with E-state index in [0.29, 0.717) is 0 Å². The van der Waals surface area contributed by atoms with E-state index in [-0.39, 0.29) is 0 Å². The molecule has 1 aromatic rings. The molecule has 8 heteroatoms. The number of nitrogens with zero attached hydrogens (tertiary/aromatic N) is 1. The van der Waals surface area contributed by atoms with Crippen molar-refractivity contribution in [3.63, 3.8) is 0 Å². The van der Waals surface area contributed by atoms with Gasteiger partial charge in [0.25, 0.3) is 5.56 Å². The van der Waals surface area contributed by atoms with Crippen LogP contribution in [0.4, 0.5) is 0 Å². The van der Waals surface area contributed by atoms with Crippen molar-refractivity contribution in [3.05, 3.63) is 33.1 Å². The molecular formula is C11H12N2O6. The number of aromatic amines is 1. The van der Waals surface area contributed by atoms with Crippen LogP contribution in [0.5, 0.6) is 0 Å². The Balaban J connectivity index is 2.52. The minimum Gasteiger partial charge on any atom is -0.394 e. The zero-order valence-electron chi connectivity index (χ0n) is 9.68. The predicted octanol–water partition coefficient (Wildman–Crippen LogP) is -2.85. The molecule has 4 atom stereocenters. The summed E-state index contributed by atoms with van der Waals surface area (Å²) in [6.07, 6.45) is 2.15. The van der Waals surface area contributed by atoms with Gasteiger partial charge in [-0.25, -0.2) is 4.79 Å². The van der Waals surface area contributed by atoms with E-state index in [2.05, 4.69) is 0 Å². The van der Waals surface area contributed by atoms with E-state index >= 15 is 0 Å². The predicted molar refractivity (Wildman–Crippen MR) is 62.1 cm³/mol. The molecule has 8 nitrogen and oxygen atoms in total. The summed E-state index contributed by atoms with van der Waals surface area (Å²) in [6, 6.07) is 1.04. The number of aromatic nitrogens is 2. The minimum absolute atomic E-state index is 0.584. The van der Waals surface area contributed by atoms with Crippen molar-refractivity contribution in [2.45, 2.75) is 24.0 Å². The zero-order valence-corrected chi connectivity index (χ0v) is 9.68. The number of aliphatic hydroxyl groups is 3. The van der Waals surface area contributed by atoms with Gasteiger partial charge in [-0.05, 0) is 0 Å². The average Bonchev–Trinajstić information content (AvgIpc) is 2.63. The van der Waals surface area contributed by atoms with E-state index in [4.69, 9.17) is 16.3 Å². The maximum Gasteiger partial charge on any atom is 0.330 e. The number of nitrogens with one attached hydrogen (secondary N) is 1. The first-order chi connectivity index (χ1) is 8.93. The molecule has 2 heterocycles. The lowest BCUT2D eigenvalue weighted by molar-refractivity contribution is -0.0764. The first-order valence-electron chi connectivity index (χ1n) is 5.40. The van der Waals surface area contributed by atoms with Crippen LogP contribution >= 0.6 is 0 Å². The fourth-order valence-corrected chi connectivity index (χ4v) is 1.96. The summed E-state index contributed by atoms with van der Waals surface area (Å²) in [5.41, 5.74) is -3.66. The van der Waals surface area contributed by atoms with Crippen molar-refractivity contribution < 1.29 is 20.1 Å². The van der Waals surface area contributed by atoms with Gasteiger partial charge in [-0.2, -0.15) is 0 Å². The Kier molecular flexibility index (Phi) is 3.30. The van der Waals surface area contributed by atoms with Gasteiger partial charge >= 0.3 is 5.69 Å². The molecule has 0 radical (unpaired) electrons. The summed E-state index contributed by atoms with van der Waals surface area (Å²) in [6.45, 7) is -0.584. The van der Waals surface area contributed by atoms with Crippen LogP contribution < -0.4 is 11.2 Å². The van der Waals surface area contributed by atoms with Gasteiger partial charge in [0.2, 0.25) is 0 Å². The lowest BCUT2D eigenvalue weighted by atomic mass is 9.95. The largest absolute Gasteiger partial charge is 0.394 e. The molecule has 1 aliphatic rings. The quantitative estimate of drug-likeness (QED) is 0.428. The number of hydrogen-bond acceptors (Lipinski definition) is 6. The van der Waals surface area contributed by atoms with Crippen LogP contribution in [0, 0.1) is 12.3 Å². The molecule has 0 bridgehead atoms. The van der Waals surface area contributed by atoms with Crippen molar-refractivity contribution in [2.75, 3.05) is 6.61 Å². The van der Waals surface area contributed by atoms with Crippen molar-refractivity contribution in [2.24, 2.45) is 0 Å². The Bertz CT molecular complexity index is 629. The molecule has 4 N–H and O–H groups in total. The molecule has 0 aromatic carbocycles. The van der Waals surface area contributed by atoms with Crippen LogP contribution in [0.25, 0.3) is 0 Å². The normalized spacial score (nSPS) is 34.1. The number of rotatable bonds is 2. The first-order valence-corrected chi connectivity index (χ1v) is 5.40. The van der Waals surface area contributed by atoms with Crippen LogP contribution in [0.2, 0.25) is 0 Å². The molecule has 0 amide bonds. The molecule has 1 saturated heterocycles. The van der Waals surface area contributed by atoms with Gasteiger partial charge < -0.3 is 20.1 Å². The highest BCUT2D eigenvalue weighted by Crippen LogP contribution is 2.36. The number of hydrogen-bond donors (Lipinski definition) is 4. The lowest BCUT2D eigenvalue weighted by Gasteiger charge is -2.26. The molecule has 0 aliphatic carbocycles. The number of ether oxygens (including phenoxy) is 1. The average molecular weight is 268 g/mol. The Labute approximate surface area is 106 Å². The second-order valence-corrected chi connectivity index (χ2v) is 4.14. The van der Waals surface area contributed by atoms with Gasteiger partial charge in [0, 0.05) is 12.3 Å². The van der Waals surface area contributed by atoms with E-state index in [1.54, 1.807) is 0 Å². The second-order valence-electron chi connectivity index (χ2n) is 4.14. The maximum absolute atomic E-state index is 11.6. The summed E-state index contributed by atoms with van der Waals surface area (Å²) >= 11 is 0. The summed E-state index contributed by atoms with van der Waals surface area (Å²) < 4.78 is 6.03. The number of H-pyrrole nitrogens is 1. The molecule has 0 spiro atoms. The van der Waals surface area contributed by atoms with E-state index in [9.17, 15) is 19.8 Å². The summed E-state index contributed by atoms with van der Waals surface area (Å²) in [5, 5.41) is 29.1. The molecule has 1 fully saturated rings. The minimum atomic E-state index is -2.19. The van der Waals surface area contributed by atoms with E-state index in [1.807, 2.05) is 10.9 Å². The Morgan fingerprint density at radius 1 is 1.58 bits per heavy atom. The Hall–Kier alpha value is -1.92. The zero-order chi connectivity index (χ0) is 14.2. The highest BCUT2D eigenvalue weighted by atomic mass is 16.6. The van der Waals surface area contributed by atoms with Crippen LogP contribution in [0.1, 0.15) is 6.23 Å². The molecule has 102 valence electrons. The summed E-state index contributed by atoms with van der Waals surface area (Å²) in [4.78, 5) is 24.6. The standard InChI is InChI=1S/C11H12N2O6/c1-2-11(18)8(16)6(5-14)19-9(11)13-4-3-7(15)12-10(13)17/h1,3-4,6,8-9,14,16,18H,5H2,(H,12,15,17)/t6-,8-,9+,11-/m1/s1. The number of terminal acetylenes is 1. The second kappa shape index (κ2) is 4.64. The lowest BCUT2D eigenvalue weighted by Crippen LogP contribution is -2.48. The topological polar surface area (TPSA) is 125 Å². The van der Waals surface area contributed by atoms with E-state index in [0.717, 1.165) is 16.8 Å². The molecule has 0 unspecified atom stereocenters. The highest BCUT2D eigenvalue weighted by Gasteiger charge is 2.55. The fraction of sp³-hybridized carbons (Fsp3) is 0.455. The SMILES string of the molecule is C#C[C@@]1(O)[C@H](O)[C@@H](CO)O[C@@H]1n1ccc(=O)[nH]c1=O. The van der Waals surface area contributed by atoms with Gasteiger partial charge in [-0.15, -0.1) is 6.42 Å².